The molecule has 0 saturated carbocycles. The topological polar surface area (TPSA) is 68.2 Å². The van der Waals surface area contributed by atoms with Crippen LogP contribution in [0.15, 0.2) is 35.9 Å². The lowest BCUT2D eigenvalue weighted by molar-refractivity contribution is -0.148. The molecule has 0 aliphatic carbocycles. The molecule has 6 nitrogen and oxygen atoms in total. The zero-order chi connectivity index (χ0) is 23.8. The monoisotopic (exact) mass is 455 g/mol. The number of rotatable bonds is 5. The van der Waals surface area contributed by atoms with E-state index in [9.17, 15) is 14.3 Å². The molecule has 2 aliphatic rings. The van der Waals surface area contributed by atoms with Crippen molar-refractivity contribution in [3.63, 3.8) is 0 Å². The van der Waals surface area contributed by atoms with Crippen molar-refractivity contribution in [1.29, 1.82) is 0 Å². The molecular weight excluding hydrogens is 425 g/mol. The molecule has 4 rings (SSSR count). The van der Waals surface area contributed by atoms with Gasteiger partial charge in [-0.1, -0.05) is 11.6 Å². The molecule has 0 amide bonds. The third kappa shape index (κ3) is 4.55. The first kappa shape index (κ1) is 23.1. The van der Waals surface area contributed by atoms with Crippen LogP contribution in [0.4, 0.5) is 4.39 Å². The number of hydrogen-bond acceptors (Lipinski definition) is 5. The number of piperidine rings is 1. The first-order valence-corrected chi connectivity index (χ1v) is 11.1. The van der Waals surface area contributed by atoms with E-state index in [0.29, 0.717) is 24.5 Å². The fourth-order valence-electron chi connectivity index (χ4n) is 4.61. The van der Waals surface area contributed by atoms with Crippen LogP contribution >= 0.6 is 0 Å². The number of likely N-dealkylation sites (tertiary alicyclic amines) is 1. The lowest BCUT2D eigenvalue weighted by Crippen LogP contribution is -2.42. The normalized spacial score (nSPS) is 16.4. The predicted octanol–water partition coefficient (Wildman–Crippen LogP) is 4.74. The maximum absolute atomic E-state index is 14.8. The highest BCUT2D eigenvalue weighted by Crippen LogP contribution is 2.44. The summed E-state index contributed by atoms with van der Waals surface area (Å²) in [4.78, 5) is 13.7. The second-order valence-electron chi connectivity index (χ2n) is 9.24. The van der Waals surface area contributed by atoms with Gasteiger partial charge < -0.3 is 24.2 Å². The van der Waals surface area contributed by atoms with Crippen LogP contribution in [0.3, 0.4) is 0 Å². The summed E-state index contributed by atoms with van der Waals surface area (Å²) in [6.45, 7) is 5.82. The predicted molar refractivity (Wildman–Crippen MR) is 123 cm³/mol. The molecule has 0 bridgehead atoms. The van der Waals surface area contributed by atoms with Crippen LogP contribution in [0.2, 0.25) is 0 Å². The first-order valence-electron chi connectivity index (χ1n) is 11.1. The van der Waals surface area contributed by atoms with Crippen molar-refractivity contribution in [3.05, 3.63) is 58.4 Å². The number of benzene rings is 2. The van der Waals surface area contributed by atoms with Crippen molar-refractivity contribution >= 4 is 11.5 Å². The summed E-state index contributed by atoms with van der Waals surface area (Å²) in [6, 6.07) is 8.99. The van der Waals surface area contributed by atoms with Gasteiger partial charge in [0, 0.05) is 36.8 Å². The van der Waals surface area contributed by atoms with Crippen LogP contribution in [-0.4, -0.2) is 49.8 Å². The van der Waals surface area contributed by atoms with Gasteiger partial charge in [0.05, 0.1) is 19.6 Å². The highest BCUT2D eigenvalue weighted by molar-refractivity contribution is 5.87. The molecule has 0 unspecified atom stereocenters. The van der Waals surface area contributed by atoms with Gasteiger partial charge in [-0.2, -0.15) is 0 Å². The Morgan fingerprint density at radius 2 is 1.85 bits per heavy atom. The molecule has 1 fully saturated rings. The fraction of sp³-hybridized carbons (Fsp3) is 0.423. The summed E-state index contributed by atoms with van der Waals surface area (Å²) >= 11 is 0. The van der Waals surface area contributed by atoms with Crippen LogP contribution in [0.5, 0.6) is 17.2 Å². The molecule has 2 aromatic carbocycles. The Kier molecular flexibility index (Phi) is 6.34. The van der Waals surface area contributed by atoms with Crippen LogP contribution in [0, 0.1) is 11.2 Å². The third-order valence-electron chi connectivity index (χ3n) is 6.50. The van der Waals surface area contributed by atoms with Crippen molar-refractivity contribution in [1.82, 2.24) is 4.90 Å². The Bertz CT molecular complexity index is 1100. The van der Waals surface area contributed by atoms with E-state index in [1.807, 2.05) is 18.2 Å². The highest BCUT2D eigenvalue weighted by atomic mass is 19.1. The number of methoxy groups -OCH3 is 2. The average Bonchev–Trinajstić information content (AvgIpc) is 2.94. The zero-order valence-electron chi connectivity index (χ0n) is 19.5. The van der Waals surface area contributed by atoms with Crippen molar-refractivity contribution < 1.29 is 28.5 Å². The molecule has 0 spiro atoms. The van der Waals surface area contributed by atoms with Gasteiger partial charge in [-0.25, -0.2) is 4.39 Å². The van der Waals surface area contributed by atoms with E-state index in [1.54, 1.807) is 27.0 Å². The summed E-state index contributed by atoms with van der Waals surface area (Å²) in [6.07, 6.45) is 1.53. The Morgan fingerprint density at radius 3 is 2.48 bits per heavy atom. The minimum atomic E-state index is -0.809. The Morgan fingerprint density at radius 1 is 1.12 bits per heavy atom. The lowest BCUT2D eigenvalue weighted by Gasteiger charge is -2.34. The Hall–Kier alpha value is -3.06. The van der Waals surface area contributed by atoms with Gasteiger partial charge >= 0.3 is 5.97 Å². The summed E-state index contributed by atoms with van der Waals surface area (Å²) in [5.41, 5.74) is 4.08. The molecule has 7 heteroatoms. The van der Waals surface area contributed by atoms with Gasteiger partial charge in [-0.15, -0.1) is 0 Å². The molecule has 2 aromatic rings. The van der Waals surface area contributed by atoms with E-state index >= 15 is 0 Å². The second kappa shape index (κ2) is 9.06. The number of ether oxygens (including phenoxy) is 3. The third-order valence-corrected chi connectivity index (χ3v) is 6.50. The van der Waals surface area contributed by atoms with Crippen molar-refractivity contribution in [3.8, 4) is 17.2 Å². The van der Waals surface area contributed by atoms with E-state index in [-0.39, 0.29) is 5.75 Å². The largest absolute Gasteiger partial charge is 0.497 e. The van der Waals surface area contributed by atoms with Gasteiger partial charge in [0.1, 0.15) is 18.1 Å². The van der Waals surface area contributed by atoms with Crippen molar-refractivity contribution in [2.24, 2.45) is 5.41 Å². The minimum absolute atomic E-state index is 0.146. The second-order valence-corrected chi connectivity index (χ2v) is 9.24. The summed E-state index contributed by atoms with van der Waals surface area (Å²) in [7, 11) is 3.07. The van der Waals surface area contributed by atoms with Crippen molar-refractivity contribution in [2.75, 3.05) is 33.9 Å². The number of carboxylic acid groups (broad SMARTS) is 1. The summed E-state index contributed by atoms with van der Waals surface area (Å²) in [5, 5.41) is 9.48. The quantitative estimate of drug-likeness (QED) is 0.702. The number of aliphatic carboxylic acids is 1. The van der Waals surface area contributed by atoms with Crippen LogP contribution < -0.4 is 14.2 Å². The van der Waals surface area contributed by atoms with E-state index in [2.05, 4.69) is 4.90 Å². The van der Waals surface area contributed by atoms with Crippen LogP contribution in [-0.2, 0) is 11.4 Å². The molecule has 0 aromatic heterocycles. The Balaban J connectivity index is 1.76. The number of fused-ring (bicyclic) bond motifs is 2. The lowest BCUT2D eigenvalue weighted by atomic mass is 9.85. The summed E-state index contributed by atoms with van der Waals surface area (Å²) in [5.74, 6) is 0.235. The van der Waals surface area contributed by atoms with Gasteiger partial charge in [-0.3, -0.25) is 4.79 Å². The molecule has 176 valence electrons. The number of hydrogen-bond donors (Lipinski definition) is 1. The fourth-order valence-corrected chi connectivity index (χ4v) is 4.61. The van der Waals surface area contributed by atoms with E-state index in [0.717, 1.165) is 48.4 Å². The molecule has 2 heterocycles. The smallest absolute Gasteiger partial charge is 0.310 e. The number of carboxylic acids is 1. The number of halogens is 1. The van der Waals surface area contributed by atoms with Crippen LogP contribution in [0.1, 0.15) is 43.4 Å². The maximum atomic E-state index is 14.8. The molecule has 1 N–H and O–H groups in total. The van der Waals surface area contributed by atoms with E-state index in [1.165, 1.54) is 18.7 Å². The first-order chi connectivity index (χ1) is 15.7. The van der Waals surface area contributed by atoms with E-state index < -0.39 is 17.2 Å². The van der Waals surface area contributed by atoms with Gasteiger partial charge in [0.2, 0.25) is 0 Å². The molecule has 0 radical (unpaired) electrons. The van der Waals surface area contributed by atoms with Crippen molar-refractivity contribution in [2.45, 2.75) is 33.3 Å². The Labute approximate surface area is 193 Å². The molecule has 0 atom stereocenters. The molecular formula is C26H30FNO5. The number of nitrogens with zero attached hydrogens (tertiary/aromatic N) is 1. The molecule has 2 aliphatic heterocycles. The number of carbonyl (C=O) groups is 1. The SMILES string of the molecule is COc1ccc2c(c1)COc1cc(OC)c(F)cc1C2=C1CCN(CC(C)(C)C(=O)O)CC1. The minimum Gasteiger partial charge on any atom is -0.497 e. The van der Waals surface area contributed by atoms with Gasteiger partial charge in [0.25, 0.3) is 0 Å². The maximum Gasteiger partial charge on any atom is 0.310 e. The molecule has 1 saturated heterocycles. The molecule has 33 heavy (non-hydrogen) atoms. The van der Waals surface area contributed by atoms with Gasteiger partial charge in [0.15, 0.2) is 11.6 Å². The average molecular weight is 456 g/mol. The van der Waals surface area contributed by atoms with E-state index in [4.69, 9.17) is 14.2 Å². The highest BCUT2D eigenvalue weighted by Gasteiger charge is 2.32. The standard InChI is InChI=1S/C26H30FNO5/c1-26(2,25(29)30)15-28-9-7-16(8-10-28)24-19-6-5-18(31-3)11-17(19)14-33-22-13-23(32-4)21(27)12-20(22)24/h5-6,11-13H,7-10,14-15H2,1-4H3,(H,29,30). The van der Waals surface area contributed by atoms with Crippen LogP contribution in [0.25, 0.3) is 5.57 Å². The summed E-state index contributed by atoms with van der Waals surface area (Å²) < 4.78 is 31.5. The zero-order valence-corrected chi connectivity index (χ0v) is 19.5. The van der Waals surface area contributed by atoms with Gasteiger partial charge in [-0.05, 0) is 56.0 Å².